The van der Waals surface area contributed by atoms with Gasteiger partial charge in [0.15, 0.2) is 0 Å². The van der Waals surface area contributed by atoms with E-state index < -0.39 is 16.0 Å². The van der Waals surface area contributed by atoms with Crippen LogP contribution in [0.3, 0.4) is 0 Å². The highest BCUT2D eigenvalue weighted by atomic mass is 35.5. The van der Waals surface area contributed by atoms with Crippen LogP contribution in [-0.4, -0.2) is 37.7 Å². The summed E-state index contributed by atoms with van der Waals surface area (Å²) in [6.07, 6.45) is -0.179. The molecular weight excluding hydrogens is 406 g/mol. The molecule has 0 saturated carbocycles. The zero-order valence-electron chi connectivity index (χ0n) is 15.2. The average molecular weight is 424 g/mol. The second kappa shape index (κ2) is 7.73. The van der Waals surface area contributed by atoms with Crippen LogP contribution >= 0.6 is 11.6 Å². The molecule has 1 heterocycles. The van der Waals surface area contributed by atoms with Crippen LogP contribution in [0.25, 0.3) is 10.9 Å². The van der Waals surface area contributed by atoms with Gasteiger partial charge < -0.3 is 14.6 Å². The number of nitrogens with zero attached hydrogens (tertiary/aromatic N) is 1. The number of carboxylic acid groups (broad SMARTS) is 1. The summed E-state index contributed by atoms with van der Waals surface area (Å²) < 4.78 is 38.6. The fraction of sp³-hybridized carbons (Fsp3) is 0.211. The number of aromatic nitrogens is 1. The Morgan fingerprint density at radius 3 is 2.50 bits per heavy atom. The van der Waals surface area contributed by atoms with E-state index in [-0.39, 0.29) is 23.5 Å². The molecule has 3 rings (SSSR count). The molecule has 148 valence electrons. The molecule has 0 amide bonds. The second-order valence-electron chi connectivity index (χ2n) is 6.02. The first-order valence-corrected chi connectivity index (χ1v) is 10.1. The summed E-state index contributed by atoms with van der Waals surface area (Å²) in [7, 11) is -1.30. The number of ether oxygens (including phenoxy) is 2. The predicted molar refractivity (Wildman–Crippen MR) is 105 cm³/mol. The molecule has 0 spiro atoms. The molecule has 2 aromatic carbocycles. The topological polar surface area (TPSA) is 94.8 Å². The number of hydrogen-bond acceptors (Lipinski definition) is 5. The van der Waals surface area contributed by atoms with Crippen LogP contribution in [0, 0.1) is 0 Å². The Morgan fingerprint density at radius 2 is 1.86 bits per heavy atom. The fourth-order valence-corrected chi connectivity index (χ4v) is 4.92. The van der Waals surface area contributed by atoms with E-state index in [1.807, 2.05) is 0 Å². The number of methoxy groups -OCH3 is 2. The Morgan fingerprint density at radius 1 is 1.11 bits per heavy atom. The molecule has 0 aliphatic heterocycles. The molecule has 0 fully saturated rings. The van der Waals surface area contributed by atoms with Crippen molar-refractivity contribution in [2.45, 2.75) is 17.7 Å². The monoisotopic (exact) mass is 423 g/mol. The maximum atomic E-state index is 13.6. The summed E-state index contributed by atoms with van der Waals surface area (Å²) in [4.78, 5) is 11.0. The van der Waals surface area contributed by atoms with Gasteiger partial charge in [0, 0.05) is 22.2 Å². The summed E-state index contributed by atoms with van der Waals surface area (Å²) >= 11 is 6.04. The van der Waals surface area contributed by atoms with Crippen LogP contribution in [0.2, 0.25) is 5.02 Å². The van der Waals surface area contributed by atoms with Gasteiger partial charge in [-0.25, -0.2) is 12.4 Å². The Kier molecular flexibility index (Phi) is 5.53. The van der Waals surface area contributed by atoms with Gasteiger partial charge in [-0.1, -0.05) is 11.6 Å². The zero-order chi connectivity index (χ0) is 20.5. The van der Waals surface area contributed by atoms with Gasteiger partial charge in [-0.2, -0.15) is 0 Å². The van der Waals surface area contributed by atoms with Crippen LogP contribution in [0.4, 0.5) is 0 Å². The van der Waals surface area contributed by atoms with E-state index in [2.05, 4.69) is 0 Å². The average Bonchev–Trinajstić information content (AvgIpc) is 3.03. The van der Waals surface area contributed by atoms with Crippen molar-refractivity contribution in [2.75, 3.05) is 14.2 Å². The molecule has 1 N–H and O–H groups in total. The van der Waals surface area contributed by atoms with Crippen molar-refractivity contribution in [1.29, 1.82) is 0 Å². The molecule has 0 aliphatic carbocycles. The molecule has 1 aromatic heterocycles. The summed E-state index contributed by atoms with van der Waals surface area (Å²) in [5, 5.41) is 10.1. The van der Waals surface area contributed by atoms with E-state index in [9.17, 15) is 13.2 Å². The molecule has 7 nitrogen and oxygen atoms in total. The van der Waals surface area contributed by atoms with Gasteiger partial charge in [-0.3, -0.25) is 4.79 Å². The molecule has 3 aromatic rings. The van der Waals surface area contributed by atoms with E-state index >= 15 is 0 Å². The number of benzene rings is 2. The lowest BCUT2D eigenvalue weighted by Crippen LogP contribution is -2.17. The van der Waals surface area contributed by atoms with Crippen LogP contribution in [-0.2, 0) is 21.2 Å². The second-order valence-corrected chi connectivity index (χ2v) is 8.21. The summed E-state index contributed by atoms with van der Waals surface area (Å²) in [6, 6.07) is 10.9. The number of carbonyl (C=O) groups is 1. The SMILES string of the molecule is COc1ccc(OC)c(S(=O)(=O)n2c(CCC(=O)O)cc3cc(Cl)ccc32)c1. The van der Waals surface area contributed by atoms with E-state index in [1.165, 1.54) is 26.4 Å². The Labute approximate surface area is 167 Å². The Balaban J connectivity index is 2.29. The van der Waals surface area contributed by atoms with Gasteiger partial charge in [0.25, 0.3) is 10.0 Å². The molecule has 28 heavy (non-hydrogen) atoms. The zero-order valence-corrected chi connectivity index (χ0v) is 16.7. The first-order valence-electron chi connectivity index (χ1n) is 8.27. The van der Waals surface area contributed by atoms with E-state index in [1.54, 1.807) is 30.3 Å². The molecule has 0 atom stereocenters. The van der Waals surface area contributed by atoms with Crippen LogP contribution < -0.4 is 9.47 Å². The lowest BCUT2D eigenvalue weighted by atomic mass is 10.2. The summed E-state index contributed by atoms with van der Waals surface area (Å²) in [5.74, 6) is -0.516. The van der Waals surface area contributed by atoms with Crippen LogP contribution in [0.1, 0.15) is 12.1 Å². The minimum Gasteiger partial charge on any atom is -0.497 e. The summed E-state index contributed by atoms with van der Waals surface area (Å²) in [6.45, 7) is 0. The summed E-state index contributed by atoms with van der Waals surface area (Å²) in [5.41, 5.74) is 0.735. The van der Waals surface area contributed by atoms with Crippen molar-refractivity contribution >= 4 is 38.5 Å². The van der Waals surface area contributed by atoms with E-state index in [4.69, 9.17) is 26.2 Å². The molecule has 0 unspecified atom stereocenters. The molecule has 0 bridgehead atoms. The van der Waals surface area contributed by atoms with Gasteiger partial charge in [-0.15, -0.1) is 0 Å². The third-order valence-corrected chi connectivity index (χ3v) is 6.30. The number of aryl methyl sites for hydroxylation is 1. The van der Waals surface area contributed by atoms with Crippen molar-refractivity contribution < 1.29 is 27.8 Å². The molecule has 0 saturated heterocycles. The van der Waals surface area contributed by atoms with Crippen molar-refractivity contribution in [2.24, 2.45) is 0 Å². The number of carboxylic acids is 1. The quantitative estimate of drug-likeness (QED) is 0.624. The lowest BCUT2D eigenvalue weighted by Gasteiger charge is -2.15. The minimum absolute atomic E-state index is 0.0349. The van der Waals surface area contributed by atoms with Gasteiger partial charge in [0.05, 0.1) is 26.2 Å². The van der Waals surface area contributed by atoms with Crippen LogP contribution in [0.5, 0.6) is 11.5 Å². The van der Waals surface area contributed by atoms with Crippen LogP contribution in [0.15, 0.2) is 47.4 Å². The van der Waals surface area contributed by atoms with Crippen molar-refractivity contribution in [3.05, 3.63) is 53.2 Å². The maximum Gasteiger partial charge on any atom is 0.303 e. The van der Waals surface area contributed by atoms with Gasteiger partial charge in [-0.05, 0) is 42.8 Å². The lowest BCUT2D eigenvalue weighted by molar-refractivity contribution is -0.136. The highest BCUT2D eigenvalue weighted by Crippen LogP contribution is 2.34. The number of halogens is 1. The Bertz CT molecular complexity index is 1150. The third-order valence-electron chi connectivity index (χ3n) is 4.28. The van der Waals surface area contributed by atoms with Gasteiger partial charge in [0.2, 0.25) is 0 Å². The number of fused-ring (bicyclic) bond motifs is 1. The largest absolute Gasteiger partial charge is 0.497 e. The number of hydrogen-bond donors (Lipinski definition) is 1. The number of aliphatic carboxylic acids is 1. The first-order chi connectivity index (χ1) is 13.3. The molecule has 9 heteroatoms. The standard InChI is InChI=1S/C19H18ClNO6S/c1-26-15-5-7-17(27-2)18(11-15)28(24,25)21-14(4-8-19(22)23)10-12-9-13(20)3-6-16(12)21/h3,5-7,9-11H,4,8H2,1-2H3,(H,22,23). The fourth-order valence-electron chi connectivity index (χ4n) is 3.00. The van der Waals surface area contributed by atoms with Crippen molar-refractivity contribution in [1.82, 2.24) is 3.97 Å². The van der Waals surface area contributed by atoms with Crippen molar-refractivity contribution in [3.8, 4) is 11.5 Å². The first kappa shape index (κ1) is 20.0. The molecule has 0 radical (unpaired) electrons. The normalized spacial score (nSPS) is 11.5. The third kappa shape index (κ3) is 3.65. The predicted octanol–water partition coefficient (Wildman–Crippen LogP) is 3.57. The van der Waals surface area contributed by atoms with Gasteiger partial charge in [0.1, 0.15) is 16.4 Å². The van der Waals surface area contributed by atoms with Gasteiger partial charge >= 0.3 is 5.97 Å². The maximum absolute atomic E-state index is 13.6. The van der Waals surface area contributed by atoms with E-state index in [0.29, 0.717) is 27.4 Å². The molecular formula is C19H18ClNO6S. The van der Waals surface area contributed by atoms with E-state index in [0.717, 1.165) is 3.97 Å². The number of rotatable bonds is 7. The smallest absolute Gasteiger partial charge is 0.303 e. The highest BCUT2D eigenvalue weighted by molar-refractivity contribution is 7.90. The van der Waals surface area contributed by atoms with Crippen molar-refractivity contribution in [3.63, 3.8) is 0 Å². The minimum atomic E-state index is -4.11. The highest BCUT2D eigenvalue weighted by Gasteiger charge is 2.27. The Hall–Kier alpha value is -2.71. The molecule has 0 aliphatic rings.